The minimum atomic E-state index is -0.681. The Morgan fingerprint density at radius 3 is 2.73 bits per heavy atom. The van der Waals surface area contributed by atoms with Crippen molar-refractivity contribution in [1.82, 2.24) is 9.97 Å². The van der Waals surface area contributed by atoms with Crippen LogP contribution < -0.4 is 14.8 Å². The number of H-pyrrole nitrogens is 1. The van der Waals surface area contributed by atoms with Crippen molar-refractivity contribution in [2.24, 2.45) is 0 Å². The van der Waals surface area contributed by atoms with E-state index >= 15 is 0 Å². The standard InChI is InChI=1S/C17H16N4O5/c1-3-26-15-8-10(13(21(23)24)9-14(15)25-2)16(22)20-17-18-11-6-4-5-7-12(11)19-17/h4-9H,3H2,1-2H3,(H2,18,19,20,22). The minimum absolute atomic E-state index is 0.153. The number of nitro groups is 1. The first-order valence-corrected chi connectivity index (χ1v) is 7.78. The van der Waals surface area contributed by atoms with Crippen molar-refractivity contribution in [3.05, 3.63) is 52.1 Å². The molecule has 0 saturated carbocycles. The molecule has 0 spiro atoms. The monoisotopic (exact) mass is 356 g/mol. The highest BCUT2D eigenvalue weighted by atomic mass is 16.6. The third-order valence-electron chi connectivity index (χ3n) is 3.64. The van der Waals surface area contributed by atoms with Crippen LogP contribution in [0.2, 0.25) is 0 Å². The molecule has 0 radical (unpaired) electrons. The summed E-state index contributed by atoms with van der Waals surface area (Å²) >= 11 is 0. The molecule has 2 N–H and O–H groups in total. The molecule has 1 amide bonds. The highest BCUT2D eigenvalue weighted by molar-refractivity contribution is 6.07. The number of methoxy groups -OCH3 is 1. The van der Waals surface area contributed by atoms with Crippen LogP contribution in [-0.2, 0) is 0 Å². The Bertz CT molecular complexity index is 949. The van der Waals surface area contributed by atoms with E-state index in [1.54, 1.807) is 19.1 Å². The number of hydrogen-bond acceptors (Lipinski definition) is 6. The summed E-state index contributed by atoms with van der Waals surface area (Å²) in [5, 5.41) is 13.9. The van der Waals surface area contributed by atoms with Gasteiger partial charge in [-0.1, -0.05) is 12.1 Å². The van der Waals surface area contributed by atoms with Crippen LogP contribution in [0.1, 0.15) is 17.3 Å². The molecular weight excluding hydrogens is 340 g/mol. The summed E-state index contributed by atoms with van der Waals surface area (Å²) in [5.41, 5.74) is 0.864. The number of benzene rings is 2. The lowest BCUT2D eigenvalue weighted by atomic mass is 10.1. The van der Waals surface area contributed by atoms with Crippen molar-refractivity contribution in [3.8, 4) is 11.5 Å². The minimum Gasteiger partial charge on any atom is -0.493 e. The molecule has 3 rings (SSSR count). The number of nitrogens with zero attached hydrogens (tertiary/aromatic N) is 2. The Morgan fingerprint density at radius 1 is 1.31 bits per heavy atom. The van der Waals surface area contributed by atoms with Gasteiger partial charge < -0.3 is 14.5 Å². The van der Waals surface area contributed by atoms with Gasteiger partial charge in [-0.15, -0.1) is 0 Å². The first-order valence-electron chi connectivity index (χ1n) is 7.78. The summed E-state index contributed by atoms with van der Waals surface area (Å²) in [4.78, 5) is 30.5. The van der Waals surface area contributed by atoms with E-state index < -0.39 is 10.8 Å². The van der Waals surface area contributed by atoms with Gasteiger partial charge in [0, 0.05) is 6.07 Å². The fourth-order valence-corrected chi connectivity index (χ4v) is 2.50. The second kappa shape index (κ2) is 7.09. The third kappa shape index (κ3) is 3.27. The Kier molecular flexibility index (Phi) is 4.70. The molecule has 0 bridgehead atoms. The number of nitrogens with one attached hydrogen (secondary N) is 2. The SMILES string of the molecule is CCOc1cc(C(=O)Nc2nc3ccccc3[nH]2)c([N+](=O)[O-])cc1OC. The number of amides is 1. The fraction of sp³-hybridized carbons (Fsp3) is 0.176. The number of rotatable bonds is 6. The summed E-state index contributed by atoms with van der Waals surface area (Å²) in [5.74, 6) is -0.0622. The number of nitro benzene ring substituents is 1. The van der Waals surface area contributed by atoms with Crippen LogP contribution in [0.15, 0.2) is 36.4 Å². The number of carbonyl (C=O) groups is 1. The lowest BCUT2D eigenvalue weighted by molar-refractivity contribution is -0.385. The van der Waals surface area contributed by atoms with Crippen LogP contribution in [0.5, 0.6) is 11.5 Å². The normalized spacial score (nSPS) is 10.5. The Balaban J connectivity index is 1.98. The van der Waals surface area contributed by atoms with E-state index in [0.29, 0.717) is 12.1 Å². The van der Waals surface area contributed by atoms with E-state index in [2.05, 4.69) is 15.3 Å². The van der Waals surface area contributed by atoms with Crippen LogP contribution in [0.3, 0.4) is 0 Å². The average molecular weight is 356 g/mol. The molecule has 0 aliphatic heterocycles. The van der Waals surface area contributed by atoms with Gasteiger partial charge in [-0.3, -0.25) is 20.2 Å². The van der Waals surface area contributed by atoms with Crippen molar-refractivity contribution in [1.29, 1.82) is 0 Å². The van der Waals surface area contributed by atoms with Gasteiger partial charge in [0.15, 0.2) is 11.5 Å². The summed E-state index contributed by atoms with van der Waals surface area (Å²) in [6.45, 7) is 2.08. The maximum absolute atomic E-state index is 12.6. The van der Waals surface area contributed by atoms with Gasteiger partial charge in [0.1, 0.15) is 5.56 Å². The summed E-state index contributed by atoms with van der Waals surface area (Å²) in [7, 11) is 1.37. The van der Waals surface area contributed by atoms with Crippen molar-refractivity contribution < 1.29 is 19.2 Å². The van der Waals surface area contributed by atoms with Crippen LogP contribution in [0.25, 0.3) is 11.0 Å². The molecule has 3 aromatic rings. The van der Waals surface area contributed by atoms with Gasteiger partial charge >= 0.3 is 0 Å². The van der Waals surface area contributed by atoms with Crippen molar-refractivity contribution in [2.75, 3.05) is 19.0 Å². The van der Waals surface area contributed by atoms with Crippen LogP contribution in [0, 0.1) is 10.1 Å². The zero-order valence-corrected chi connectivity index (χ0v) is 14.1. The molecule has 0 atom stereocenters. The molecule has 0 fully saturated rings. The Hall–Kier alpha value is -3.62. The van der Waals surface area contributed by atoms with Crippen molar-refractivity contribution in [2.45, 2.75) is 6.92 Å². The van der Waals surface area contributed by atoms with Gasteiger partial charge in [-0.25, -0.2) is 4.98 Å². The Labute approximate surface area is 148 Å². The second-order valence-corrected chi connectivity index (χ2v) is 5.27. The molecule has 26 heavy (non-hydrogen) atoms. The van der Waals surface area contributed by atoms with Crippen LogP contribution in [-0.4, -0.2) is 34.5 Å². The van der Waals surface area contributed by atoms with E-state index in [1.165, 1.54) is 19.2 Å². The zero-order valence-electron chi connectivity index (χ0n) is 14.1. The predicted molar refractivity (Wildman–Crippen MR) is 94.9 cm³/mol. The first kappa shape index (κ1) is 17.2. The summed E-state index contributed by atoms with van der Waals surface area (Å²) in [6.07, 6.45) is 0. The number of aromatic nitrogens is 2. The molecule has 134 valence electrons. The molecule has 2 aromatic carbocycles. The molecule has 9 nitrogen and oxygen atoms in total. The molecule has 0 saturated heterocycles. The van der Waals surface area contributed by atoms with Gasteiger partial charge in [0.05, 0.1) is 35.7 Å². The van der Waals surface area contributed by atoms with Gasteiger partial charge in [0.2, 0.25) is 5.95 Å². The Morgan fingerprint density at radius 2 is 2.08 bits per heavy atom. The molecule has 9 heteroatoms. The van der Waals surface area contributed by atoms with Gasteiger partial charge in [-0.2, -0.15) is 0 Å². The lowest BCUT2D eigenvalue weighted by Gasteiger charge is -2.11. The molecule has 1 heterocycles. The number of para-hydroxylation sites is 2. The molecule has 0 aliphatic rings. The van der Waals surface area contributed by atoms with E-state index in [-0.39, 0.29) is 28.7 Å². The average Bonchev–Trinajstić information content (AvgIpc) is 3.03. The molecular formula is C17H16N4O5. The number of ether oxygens (including phenoxy) is 2. The fourth-order valence-electron chi connectivity index (χ4n) is 2.50. The third-order valence-corrected chi connectivity index (χ3v) is 3.64. The highest BCUT2D eigenvalue weighted by Crippen LogP contribution is 2.35. The number of carbonyl (C=O) groups excluding carboxylic acids is 1. The van der Waals surface area contributed by atoms with Gasteiger partial charge in [0.25, 0.3) is 11.6 Å². The predicted octanol–water partition coefficient (Wildman–Crippen LogP) is 3.13. The van der Waals surface area contributed by atoms with E-state index in [4.69, 9.17) is 9.47 Å². The number of hydrogen-bond donors (Lipinski definition) is 2. The molecule has 1 aromatic heterocycles. The summed E-state index contributed by atoms with van der Waals surface area (Å²) < 4.78 is 10.5. The maximum atomic E-state index is 12.6. The van der Waals surface area contributed by atoms with Gasteiger partial charge in [-0.05, 0) is 19.1 Å². The quantitative estimate of drug-likeness (QED) is 0.517. The number of fused-ring (bicyclic) bond motifs is 1. The smallest absolute Gasteiger partial charge is 0.286 e. The van der Waals surface area contributed by atoms with Crippen molar-refractivity contribution >= 4 is 28.6 Å². The molecule has 0 aliphatic carbocycles. The first-order chi connectivity index (χ1) is 12.5. The topological polar surface area (TPSA) is 119 Å². The summed E-state index contributed by atoms with van der Waals surface area (Å²) in [6, 6.07) is 9.69. The number of aromatic amines is 1. The molecule has 0 unspecified atom stereocenters. The maximum Gasteiger partial charge on any atom is 0.286 e. The lowest BCUT2D eigenvalue weighted by Crippen LogP contribution is -2.15. The van der Waals surface area contributed by atoms with Crippen LogP contribution >= 0.6 is 0 Å². The number of imidazole rings is 1. The van der Waals surface area contributed by atoms with E-state index in [1.807, 2.05) is 12.1 Å². The van der Waals surface area contributed by atoms with Crippen LogP contribution in [0.4, 0.5) is 11.6 Å². The number of anilines is 1. The second-order valence-electron chi connectivity index (χ2n) is 5.27. The van der Waals surface area contributed by atoms with Crippen molar-refractivity contribution in [3.63, 3.8) is 0 Å². The zero-order chi connectivity index (χ0) is 18.7. The van der Waals surface area contributed by atoms with E-state index in [9.17, 15) is 14.9 Å². The largest absolute Gasteiger partial charge is 0.493 e. The van der Waals surface area contributed by atoms with E-state index in [0.717, 1.165) is 5.52 Å². The highest BCUT2D eigenvalue weighted by Gasteiger charge is 2.25.